The smallest absolute Gasteiger partial charge is 0.320 e. The maximum Gasteiger partial charge on any atom is 0.320 e. The SMILES string of the molecule is [C-]#[N+]c1cc(CN[C@@H](C)CO)cc2nc(-c3cccc(-c4cccc(/C=C/c5cc(OC)c(CN6CCCC[C@H]6C(=O)O)cc5C)c4C)c3C)oc12. The number of aliphatic carboxylic acids is 1. The van der Waals surface area contributed by atoms with Crippen molar-refractivity contribution in [1.82, 2.24) is 15.2 Å². The molecule has 1 aromatic heterocycles. The second kappa shape index (κ2) is 16.0. The largest absolute Gasteiger partial charge is 0.496 e. The molecule has 0 amide bonds. The summed E-state index contributed by atoms with van der Waals surface area (Å²) in [5.41, 5.74) is 11.8. The summed E-state index contributed by atoms with van der Waals surface area (Å²) < 4.78 is 12.1. The molecule has 0 saturated carbocycles. The van der Waals surface area contributed by atoms with E-state index in [9.17, 15) is 15.0 Å². The molecule has 1 fully saturated rings. The number of fused-ring (bicyclic) bond motifs is 1. The van der Waals surface area contributed by atoms with Gasteiger partial charge in [-0.3, -0.25) is 9.69 Å². The Morgan fingerprint density at radius 3 is 2.52 bits per heavy atom. The third kappa shape index (κ3) is 7.65. The van der Waals surface area contributed by atoms with Gasteiger partial charge in [-0.1, -0.05) is 55.0 Å². The third-order valence-corrected chi connectivity index (χ3v) is 10.2. The van der Waals surface area contributed by atoms with Crippen molar-refractivity contribution in [3.05, 3.63) is 111 Å². The van der Waals surface area contributed by atoms with Crippen LogP contribution in [0.1, 0.15) is 65.1 Å². The van der Waals surface area contributed by atoms with Gasteiger partial charge in [-0.25, -0.2) is 9.83 Å². The number of aryl methyl sites for hydroxylation is 1. The number of piperidine rings is 1. The summed E-state index contributed by atoms with van der Waals surface area (Å²) in [6, 6.07) is 19.8. The van der Waals surface area contributed by atoms with E-state index >= 15 is 0 Å². The molecule has 0 spiro atoms. The number of aromatic nitrogens is 1. The lowest BCUT2D eigenvalue weighted by molar-refractivity contribution is -0.144. The van der Waals surface area contributed by atoms with Gasteiger partial charge in [-0.15, -0.1) is 0 Å². The minimum atomic E-state index is -0.760. The summed E-state index contributed by atoms with van der Waals surface area (Å²) in [4.78, 5) is 22.5. The molecule has 4 aromatic carbocycles. The van der Waals surface area contributed by atoms with Crippen LogP contribution in [-0.4, -0.2) is 58.4 Å². The number of benzene rings is 4. The van der Waals surface area contributed by atoms with Crippen molar-refractivity contribution in [1.29, 1.82) is 0 Å². The van der Waals surface area contributed by atoms with Gasteiger partial charge in [0.05, 0.1) is 25.8 Å². The zero-order chi connectivity index (χ0) is 36.9. The van der Waals surface area contributed by atoms with Gasteiger partial charge in [0.1, 0.15) is 11.8 Å². The van der Waals surface area contributed by atoms with Gasteiger partial charge in [0, 0.05) is 30.3 Å². The topological polar surface area (TPSA) is 112 Å². The molecule has 3 N–H and O–H groups in total. The van der Waals surface area contributed by atoms with E-state index in [2.05, 4.69) is 78.3 Å². The Hall–Kier alpha value is -5.27. The number of nitrogens with zero attached hydrogens (tertiary/aromatic N) is 3. The minimum absolute atomic E-state index is 0.0289. The third-order valence-electron chi connectivity index (χ3n) is 10.2. The van der Waals surface area contributed by atoms with Gasteiger partial charge < -0.3 is 24.7 Å². The number of aliphatic hydroxyl groups excluding tert-OH is 1. The highest BCUT2D eigenvalue weighted by atomic mass is 16.5. The minimum Gasteiger partial charge on any atom is -0.496 e. The Morgan fingerprint density at radius 1 is 1.06 bits per heavy atom. The van der Waals surface area contributed by atoms with Crippen molar-refractivity contribution in [2.75, 3.05) is 20.3 Å². The molecule has 9 heteroatoms. The highest BCUT2D eigenvalue weighted by Gasteiger charge is 2.29. The number of nitrogens with one attached hydrogen (secondary N) is 1. The van der Waals surface area contributed by atoms with Crippen LogP contribution < -0.4 is 10.1 Å². The first-order valence-electron chi connectivity index (χ1n) is 17.8. The van der Waals surface area contributed by atoms with Crippen LogP contribution in [0.25, 0.3) is 50.7 Å². The van der Waals surface area contributed by atoms with Crippen LogP contribution in [0.15, 0.2) is 65.1 Å². The lowest BCUT2D eigenvalue weighted by atomic mass is 9.91. The maximum absolute atomic E-state index is 11.9. The molecule has 0 aliphatic carbocycles. The molecule has 2 heterocycles. The molecule has 268 valence electrons. The summed E-state index contributed by atoms with van der Waals surface area (Å²) >= 11 is 0. The average molecular weight is 699 g/mol. The van der Waals surface area contributed by atoms with Gasteiger partial charge in [0.15, 0.2) is 5.58 Å². The van der Waals surface area contributed by atoms with E-state index in [4.69, 9.17) is 20.7 Å². The van der Waals surface area contributed by atoms with Crippen LogP contribution >= 0.6 is 0 Å². The second-order valence-corrected chi connectivity index (χ2v) is 13.7. The Morgan fingerprint density at radius 2 is 1.79 bits per heavy atom. The highest BCUT2D eigenvalue weighted by Crippen LogP contribution is 2.38. The van der Waals surface area contributed by atoms with E-state index in [-0.39, 0.29) is 12.6 Å². The molecule has 5 aromatic rings. The van der Waals surface area contributed by atoms with E-state index in [1.807, 2.05) is 37.3 Å². The Kier molecular flexibility index (Phi) is 11.2. The molecule has 0 bridgehead atoms. The van der Waals surface area contributed by atoms with Crippen LogP contribution in [0.5, 0.6) is 5.75 Å². The number of carbonyl (C=O) groups is 1. The molecule has 0 unspecified atom stereocenters. The number of hydrogen-bond acceptors (Lipinski definition) is 7. The predicted molar refractivity (Wildman–Crippen MR) is 206 cm³/mol. The van der Waals surface area contributed by atoms with Crippen LogP contribution in [0.4, 0.5) is 5.69 Å². The molecular formula is C43H46N4O5. The molecule has 52 heavy (non-hydrogen) atoms. The molecule has 6 rings (SSSR count). The van der Waals surface area contributed by atoms with Gasteiger partial charge in [-0.05, 0) is 116 Å². The Balaban J connectivity index is 1.28. The molecule has 1 aliphatic heterocycles. The number of carboxylic acids is 1. The number of aliphatic hydroxyl groups is 1. The molecular weight excluding hydrogens is 652 g/mol. The lowest BCUT2D eigenvalue weighted by Crippen LogP contribution is -2.44. The first-order valence-corrected chi connectivity index (χ1v) is 17.8. The fraction of sp³-hybridized carbons (Fsp3) is 0.326. The van der Waals surface area contributed by atoms with E-state index in [0.29, 0.717) is 42.2 Å². The zero-order valence-corrected chi connectivity index (χ0v) is 30.5. The molecule has 0 radical (unpaired) electrons. The number of ether oxygens (including phenoxy) is 1. The Bertz CT molecular complexity index is 2180. The highest BCUT2D eigenvalue weighted by molar-refractivity contribution is 5.90. The Labute approximate surface area is 305 Å². The quantitative estimate of drug-likeness (QED) is 0.0877. The summed E-state index contributed by atoms with van der Waals surface area (Å²) in [6.45, 7) is 17.8. The number of methoxy groups -OCH3 is 1. The summed E-state index contributed by atoms with van der Waals surface area (Å²) in [7, 11) is 1.66. The monoisotopic (exact) mass is 698 g/mol. The number of oxazole rings is 1. The number of likely N-dealkylation sites (tertiary alicyclic amines) is 1. The van der Waals surface area contributed by atoms with Crippen molar-refractivity contribution >= 4 is 34.9 Å². The van der Waals surface area contributed by atoms with Crippen molar-refractivity contribution < 1.29 is 24.2 Å². The van der Waals surface area contributed by atoms with Gasteiger partial charge in [0.2, 0.25) is 11.6 Å². The number of hydrogen-bond donors (Lipinski definition) is 3. The number of rotatable bonds is 12. The van der Waals surface area contributed by atoms with Crippen LogP contribution in [0.2, 0.25) is 0 Å². The molecule has 9 nitrogen and oxygen atoms in total. The van der Waals surface area contributed by atoms with E-state index in [1.165, 1.54) is 0 Å². The van der Waals surface area contributed by atoms with Gasteiger partial charge >= 0.3 is 5.97 Å². The summed E-state index contributed by atoms with van der Waals surface area (Å²) in [6.07, 6.45) is 6.85. The van der Waals surface area contributed by atoms with Gasteiger partial charge in [0.25, 0.3) is 0 Å². The zero-order valence-electron chi connectivity index (χ0n) is 30.5. The molecule has 1 saturated heterocycles. The first kappa shape index (κ1) is 36.5. The first-order chi connectivity index (χ1) is 25.1. The van der Waals surface area contributed by atoms with Crippen molar-refractivity contribution in [2.24, 2.45) is 0 Å². The average Bonchev–Trinajstić information content (AvgIpc) is 3.58. The van der Waals surface area contributed by atoms with E-state index < -0.39 is 12.0 Å². The van der Waals surface area contributed by atoms with Crippen LogP contribution in [-0.2, 0) is 17.9 Å². The summed E-state index contributed by atoms with van der Waals surface area (Å²) in [5, 5.41) is 22.4. The lowest BCUT2D eigenvalue weighted by Gasteiger charge is -2.33. The fourth-order valence-corrected chi connectivity index (χ4v) is 7.13. The standard InChI is InChI=1S/C43H46N4O5/c1-26-19-33(24-47-18-8-7-15-39(47)43(49)50)40(51-6)22-32(26)17-16-31-11-9-12-34(28(31)3)35-13-10-14-36(29(35)4)42-46-38-21-30(23-45-27(2)25-48)20-37(44-5)41(38)52-42/h9-14,16-17,19-22,27,39,45,48H,7-8,15,18,23-25H2,1-4,6H3,(H,49,50)/b17-16+/t27-,39-/m0/s1. The predicted octanol–water partition coefficient (Wildman–Crippen LogP) is 8.73. The van der Waals surface area contributed by atoms with E-state index in [0.717, 1.165) is 80.8 Å². The van der Waals surface area contributed by atoms with Crippen molar-refractivity contribution in [2.45, 2.75) is 72.1 Å². The molecule has 1 aliphatic rings. The second-order valence-electron chi connectivity index (χ2n) is 13.7. The maximum atomic E-state index is 11.9. The normalized spacial score (nSPS) is 15.6. The van der Waals surface area contributed by atoms with Crippen LogP contribution in [0, 0.1) is 27.3 Å². The number of carboxylic acid groups (broad SMARTS) is 1. The van der Waals surface area contributed by atoms with Gasteiger partial charge in [-0.2, -0.15) is 0 Å². The summed E-state index contributed by atoms with van der Waals surface area (Å²) in [5.74, 6) is 0.460. The molecule has 2 atom stereocenters. The van der Waals surface area contributed by atoms with Crippen LogP contribution in [0.3, 0.4) is 0 Å². The van der Waals surface area contributed by atoms with E-state index in [1.54, 1.807) is 7.11 Å². The fourth-order valence-electron chi connectivity index (χ4n) is 7.13. The van der Waals surface area contributed by atoms with Crippen molar-refractivity contribution in [3.8, 4) is 28.3 Å². The van der Waals surface area contributed by atoms with Crippen molar-refractivity contribution in [3.63, 3.8) is 0 Å².